The molecule has 1 N–H and O–H groups in total. The Morgan fingerprint density at radius 2 is 2.38 bits per heavy atom. The zero-order valence-electron chi connectivity index (χ0n) is 4.72. The molecule has 0 aromatic rings. The second-order valence-corrected chi connectivity index (χ2v) is 2.50. The number of rotatable bonds is 3. The van der Waals surface area contributed by atoms with Crippen molar-refractivity contribution in [3.05, 3.63) is 0 Å². The lowest BCUT2D eigenvalue weighted by Crippen LogP contribution is -2.04. The largest absolute Gasteiger partial charge is 0.481 e. The maximum absolute atomic E-state index is 9.95. The van der Waals surface area contributed by atoms with E-state index in [0.29, 0.717) is 0 Å². The minimum Gasteiger partial charge on any atom is -0.481 e. The SMILES string of the molecule is C[C@@H](CBr)CC(=O)O. The van der Waals surface area contributed by atoms with E-state index in [2.05, 4.69) is 15.9 Å². The van der Waals surface area contributed by atoms with Gasteiger partial charge in [0.25, 0.3) is 0 Å². The molecule has 8 heavy (non-hydrogen) atoms. The number of hydrogen-bond donors (Lipinski definition) is 1. The summed E-state index contributed by atoms with van der Waals surface area (Å²) in [4.78, 5) is 9.95. The summed E-state index contributed by atoms with van der Waals surface area (Å²) in [7, 11) is 0. The van der Waals surface area contributed by atoms with Gasteiger partial charge in [-0.3, -0.25) is 4.79 Å². The van der Waals surface area contributed by atoms with Crippen molar-refractivity contribution in [1.82, 2.24) is 0 Å². The average Bonchev–Trinajstić information content (AvgIpc) is 1.65. The van der Waals surface area contributed by atoms with Crippen LogP contribution >= 0.6 is 15.9 Å². The molecule has 0 radical (unpaired) electrons. The standard InChI is InChI=1S/C5H9BrO2/c1-4(3-6)2-5(7)8/h4H,2-3H2,1H3,(H,7,8)/t4-/m1/s1. The van der Waals surface area contributed by atoms with Gasteiger partial charge in [-0.25, -0.2) is 0 Å². The molecule has 0 unspecified atom stereocenters. The lowest BCUT2D eigenvalue weighted by molar-refractivity contribution is -0.137. The molecule has 0 aromatic carbocycles. The normalized spacial score (nSPS) is 13.2. The fourth-order valence-corrected chi connectivity index (χ4v) is 0.582. The van der Waals surface area contributed by atoms with Gasteiger partial charge in [-0.05, 0) is 5.92 Å². The summed E-state index contributed by atoms with van der Waals surface area (Å²) >= 11 is 3.18. The first-order valence-electron chi connectivity index (χ1n) is 2.44. The van der Waals surface area contributed by atoms with Gasteiger partial charge in [-0.15, -0.1) is 0 Å². The summed E-state index contributed by atoms with van der Waals surface area (Å²) < 4.78 is 0. The first-order chi connectivity index (χ1) is 3.66. The van der Waals surface area contributed by atoms with Gasteiger partial charge in [0.2, 0.25) is 0 Å². The third-order valence-electron chi connectivity index (χ3n) is 0.786. The summed E-state index contributed by atoms with van der Waals surface area (Å²) in [6.07, 6.45) is 0.255. The first kappa shape index (κ1) is 7.95. The molecular formula is C5H9BrO2. The van der Waals surface area contributed by atoms with E-state index >= 15 is 0 Å². The van der Waals surface area contributed by atoms with E-state index in [9.17, 15) is 4.79 Å². The summed E-state index contributed by atoms with van der Waals surface area (Å²) in [6.45, 7) is 1.89. The fourth-order valence-electron chi connectivity index (χ4n) is 0.353. The van der Waals surface area contributed by atoms with E-state index in [0.717, 1.165) is 5.33 Å². The van der Waals surface area contributed by atoms with Crippen LogP contribution in [0.25, 0.3) is 0 Å². The van der Waals surface area contributed by atoms with E-state index in [4.69, 9.17) is 5.11 Å². The summed E-state index contributed by atoms with van der Waals surface area (Å²) in [5.74, 6) is -0.482. The summed E-state index contributed by atoms with van der Waals surface area (Å²) in [5, 5.41) is 8.96. The lowest BCUT2D eigenvalue weighted by Gasteiger charge is -1.99. The molecule has 0 aliphatic heterocycles. The molecule has 0 bridgehead atoms. The van der Waals surface area contributed by atoms with E-state index in [1.165, 1.54) is 0 Å². The fraction of sp³-hybridized carbons (Fsp3) is 0.800. The molecule has 0 saturated heterocycles. The Labute approximate surface area is 57.0 Å². The first-order valence-corrected chi connectivity index (χ1v) is 3.56. The van der Waals surface area contributed by atoms with Crippen molar-refractivity contribution in [3.63, 3.8) is 0 Å². The quantitative estimate of drug-likeness (QED) is 0.669. The van der Waals surface area contributed by atoms with Crippen LogP contribution in [0.15, 0.2) is 0 Å². The molecule has 0 amide bonds. The zero-order chi connectivity index (χ0) is 6.57. The van der Waals surface area contributed by atoms with Crippen molar-refractivity contribution >= 4 is 21.9 Å². The van der Waals surface area contributed by atoms with Crippen molar-refractivity contribution < 1.29 is 9.90 Å². The number of carboxylic acid groups (broad SMARTS) is 1. The lowest BCUT2D eigenvalue weighted by atomic mass is 10.1. The molecule has 2 nitrogen and oxygen atoms in total. The van der Waals surface area contributed by atoms with Crippen molar-refractivity contribution in [1.29, 1.82) is 0 Å². The second-order valence-electron chi connectivity index (χ2n) is 1.86. The number of hydrogen-bond acceptors (Lipinski definition) is 1. The van der Waals surface area contributed by atoms with Crippen molar-refractivity contribution in [2.75, 3.05) is 5.33 Å². The monoisotopic (exact) mass is 180 g/mol. The van der Waals surface area contributed by atoms with Crippen LogP contribution in [0.5, 0.6) is 0 Å². The van der Waals surface area contributed by atoms with Gasteiger partial charge < -0.3 is 5.11 Å². The molecule has 0 spiro atoms. The average molecular weight is 181 g/mol. The molecular weight excluding hydrogens is 172 g/mol. The van der Waals surface area contributed by atoms with E-state index in [1.54, 1.807) is 0 Å². The summed E-state index contributed by atoms with van der Waals surface area (Å²) in [6, 6.07) is 0. The Morgan fingerprint density at radius 3 is 2.50 bits per heavy atom. The van der Waals surface area contributed by atoms with Crippen LogP contribution in [0.3, 0.4) is 0 Å². The molecule has 48 valence electrons. The Hall–Kier alpha value is -0.0500. The van der Waals surface area contributed by atoms with Crippen molar-refractivity contribution in [2.45, 2.75) is 13.3 Å². The Balaban J connectivity index is 3.24. The number of carboxylic acids is 1. The number of carbonyl (C=O) groups is 1. The third-order valence-corrected chi connectivity index (χ3v) is 1.89. The van der Waals surface area contributed by atoms with E-state index in [1.807, 2.05) is 6.92 Å². The minimum atomic E-state index is -0.725. The van der Waals surface area contributed by atoms with Crippen LogP contribution in [-0.2, 0) is 4.79 Å². The van der Waals surface area contributed by atoms with Gasteiger partial charge in [-0.1, -0.05) is 22.9 Å². The topological polar surface area (TPSA) is 37.3 Å². The van der Waals surface area contributed by atoms with Crippen molar-refractivity contribution in [2.24, 2.45) is 5.92 Å². The predicted octanol–water partition coefficient (Wildman–Crippen LogP) is 1.49. The third kappa shape index (κ3) is 4.12. The summed E-state index contributed by atoms with van der Waals surface area (Å²) in [5.41, 5.74) is 0. The molecule has 0 aliphatic rings. The Morgan fingerprint density at radius 1 is 1.88 bits per heavy atom. The van der Waals surface area contributed by atoms with E-state index < -0.39 is 5.97 Å². The molecule has 0 aliphatic carbocycles. The molecule has 0 rings (SSSR count). The highest BCUT2D eigenvalue weighted by Crippen LogP contribution is 2.03. The minimum absolute atomic E-state index is 0.243. The Bertz CT molecular complexity index is 82.5. The number of halogens is 1. The van der Waals surface area contributed by atoms with Gasteiger partial charge >= 0.3 is 5.97 Å². The van der Waals surface area contributed by atoms with E-state index in [-0.39, 0.29) is 12.3 Å². The highest BCUT2D eigenvalue weighted by Gasteiger charge is 2.03. The highest BCUT2D eigenvalue weighted by molar-refractivity contribution is 9.09. The molecule has 3 heteroatoms. The van der Waals surface area contributed by atoms with Crippen LogP contribution in [-0.4, -0.2) is 16.4 Å². The molecule has 0 fully saturated rings. The maximum Gasteiger partial charge on any atom is 0.303 e. The van der Waals surface area contributed by atoms with Gasteiger partial charge in [0.15, 0.2) is 0 Å². The molecule has 0 heterocycles. The molecule has 0 aromatic heterocycles. The Kier molecular flexibility index (Phi) is 3.87. The highest BCUT2D eigenvalue weighted by atomic mass is 79.9. The van der Waals surface area contributed by atoms with Crippen LogP contribution < -0.4 is 0 Å². The van der Waals surface area contributed by atoms with Gasteiger partial charge in [-0.2, -0.15) is 0 Å². The maximum atomic E-state index is 9.95. The van der Waals surface area contributed by atoms with Gasteiger partial charge in [0.05, 0.1) is 0 Å². The van der Waals surface area contributed by atoms with Crippen LogP contribution in [0.1, 0.15) is 13.3 Å². The van der Waals surface area contributed by atoms with Crippen LogP contribution in [0.2, 0.25) is 0 Å². The molecule has 1 atom stereocenters. The zero-order valence-corrected chi connectivity index (χ0v) is 6.31. The smallest absolute Gasteiger partial charge is 0.303 e. The van der Waals surface area contributed by atoms with Crippen LogP contribution in [0.4, 0.5) is 0 Å². The van der Waals surface area contributed by atoms with Crippen molar-refractivity contribution in [3.8, 4) is 0 Å². The molecule has 0 saturated carbocycles. The number of aliphatic carboxylic acids is 1. The second kappa shape index (κ2) is 3.89. The van der Waals surface area contributed by atoms with Gasteiger partial charge in [0, 0.05) is 11.8 Å². The van der Waals surface area contributed by atoms with Gasteiger partial charge in [0.1, 0.15) is 0 Å². The predicted molar refractivity (Wildman–Crippen MR) is 35.2 cm³/mol. The number of alkyl halides is 1. The van der Waals surface area contributed by atoms with Crippen LogP contribution in [0, 0.1) is 5.92 Å².